The molecule has 9 atom stereocenters. The molecule has 0 aliphatic heterocycles. The quantitative estimate of drug-likeness (QED) is 0.0287. The third-order valence-corrected chi connectivity index (χ3v) is 8.72. The molecule has 19 N–H and O–H groups in total. The van der Waals surface area contributed by atoms with E-state index in [1.165, 1.54) is 6.92 Å². The van der Waals surface area contributed by atoms with Gasteiger partial charge in [0.15, 0.2) is 6.04 Å². The van der Waals surface area contributed by atoms with Gasteiger partial charge in [0.1, 0.15) is 36.3 Å². The van der Waals surface area contributed by atoms with E-state index in [-0.39, 0.29) is 32.2 Å². The molecule has 0 aromatic rings. The number of aliphatic carboxylic acids is 3. The van der Waals surface area contributed by atoms with Crippen LogP contribution in [0.1, 0.15) is 72.1 Å². The summed E-state index contributed by atoms with van der Waals surface area (Å²) in [6.07, 6.45) is -3.61. The second-order valence-corrected chi connectivity index (χ2v) is 14.2. The fourth-order valence-corrected chi connectivity index (χ4v) is 5.12. The molecule has 63 heavy (non-hydrogen) atoms. The fourth-order valence-electron chi connectivity index (χ4n) is 5.12. The number of rotatable bonds is 31. The number of aliphatic hydroxyl groups excluding tert-OH is 2. The maximum Gasteiger partial charge on any atom is 0.328 e. The summed E-state index contributed by atoms with van der Waals surface area (Å²) in [5.41, 5.74) is 16.2. The Bertz CT molecular complexity index is 1660. The Morgan fingerprint density at radius 3 is 1.59 bits per heavy atom. The molecule has 0 aliphatic carbocycles. The largest absolute Gasteiger partial charge is 0.481 e. The molecule has 0 saturated heterocycles. The van der Waals surface area contributed by atoms with Crippen molar-refractivity contribution in [3.63, 3.8) is 0 Å². The number of carbonyl (C=O) groups is 12. The lowest BCUT2D eigenvalue weighted by Gasteiger charge is -2.26. The standard InChI is InChI=1S/C35H59N11O17/c1-15(40-30(57)18(37)7-9-23(38)49)28(55)39-13-24(50)42-20(8-10-25(51)52)31(58)45-22(14-47)34(61)44-21(12-26(53)54)33(60)41-16(2)29(56)43-19(6-4-5-11-36)32(59)46-27(17(3)48)35(62)63/h15-22,27,47-48H,4-14,36-37H2,1-3H3,(H2,38,49)(H,39,55)(H,40,57)(H,41,60)(H,42,50)(H,43,56)(H,44,61)(H,45,58)(H,46,59)(H,51,52)(H,53,54)(H,62,63). The van der Waals surface area contributed by atoms with E-state index >= 15 is 0 Å². The Labute approximate surface area is 359 Å². The molecule has 0 aliphatic rings. The Hall–Kier alpha value is -6.52. The second-order valence-electron chi connectivity index (χ2n) is 14.2. The minimum absolute atomic E-state index is 0.0518. The van der Waals surface area contributed by atoms with Crippen LogP contribution in [0, 0.1) is 0 Å². The molecule has 0 radical (unpaired) electrons. The molecule has 0 saturated carbocycles. The van der Waals surface area contributed by atoms with Crippen LogP contribution in [0.4, 0.5) is 0 Å². The summed E-state index contributed by atoms with van der Waals surface area (Å²) in [6, 6.07) is -12.7. The first kappa shape index (κ1) is 56.5. The lowest BCUT2D eigenvalue weighted by atomic mass is 10.1. The van der Waals surface area contributed by atoms with E-state index in [4.69, 9.17) is 22.3 Å². The maximum absolute atomic E-state index is 13.2. The molecule has 0 aromatic carbocycles. The van der Waals surface area contributed by atoms with Crippen molar-refractivity contribution in [1.82, 2.24) is 42.5 Å². The van der Waals surface area contributed by atoms with Crippen LogP contribution >= 0.6 is 0 Å². The van der Waals surface area contributed by atoms with Gasteiger partial charge in [-0.2, -0.15) is 0 Å². The van der Waals surface area contributed by atoms with E-state index in [2.05, 4.69) is 31.9 Å². The number of nitrogens with two attached hydrogens (primary N) is 3. The highest BCUT2D eigenvalue weighted by Gasteiger charge is 2.34. The minimum atomic E-state index is -1.97. The molecular weight excluding hydrogens is 846 g/mol. The summed E-state index contributed by atoms with van der Waals surface area (Å²) >= 11 is 0. The van der Waals surface area contributed by atoms with Gasteiger partial charge in [-0.25, -0.2) is 4.79 Å². The first-order chi connectivity index (χ1) is 29.3. The number of primary amides is 1. The van der Waals surface area contributed by atoms with Gasteiger partial charge in [-0.05, 0) is 59.4 Å². The molecule has 9 unspecified atom stereocenters. The van der Waals surface area contributed by atoms with E-state index in [9.17, 15) is 78.0 Å². The molecular formula is C35H59N11O17. The zero-order valence-corrected chi connectivity index (χ0v) is 34.8. The van der Waals surface area contributed by atoms with Gasteiger partial charge in [-0.15, -0.1) is 0 Å². The lowest BCUT2D eigenvalue weighted by molar-refractivity contribution is -0.145. The average molecular weight is 906 g/mol. The molecule has 0 spiro atoms. The summed E-state index contributed by atoms with van der Waals surface area (Å²) in [4.78, 5) is 148. The van der Waals surface area contributed by atoms with Crippen LogP contribution in [0.3, 0.4) is 0 Å². The first-order valence-electron chi connectivity index (χ1n) is 19.4. The van der Waals surface area contributed by atoms with E-state index < -0.39 is 158 Å². The monoisotopic (exact) mass is 905 g/mol. The Morgan fingerprint density at radius 2 is 1.06 bits per heavy atom. The zero-order valence-electron chi connectivity index (χ0n) is 34.8. The molecule has 356 valence electrons. The van der Waals surface area contributed by atoms with Crippen molar-refractivity contribution in [2.24, 2.45) is 17.2 Å². The fraction of sp³-hybridized carbons (Fsp3) is 0.657. The highest BCUT2D eigenvalue weighted by molar-refractivity contribution is 5.98. The predicted molar refractivity (Wildman–Crippen MR) is 213 cm³/mol. The van der Waals surface area contributed by atoms with Crippen molar-refractivity contribution < 1.29 is 83.1 Å². The minimum Gasteiger partial charge on any atom is -0.481 e. The number of carboxylic acid groups (broad SMARTS) is 3. The number of hydrogen-bond donors (Lipinski definition) is 16. The van der Waals surface area contributed by atoms with Gasteiger partial charge in [0, 0.05) is 12.8 Å². The Morgan fingerprint density at radius 1 is 0.556 bits per heavy atom. The van der Waals surface area contributed by atoms with Gasteiger partial charge in [0.2, 0.25) is 53.2 Å². The second kappa shape index (κ2) is 28.9. The van der Waals surface area contributed by atoms with Gasteiger partial charge < -0.3 is 85.3 Å². The van der Waals surface area contributed by atoms with Gasteiger partial charge >= 0.3 is 17.9 Å². The van der Waals surface area contributed by atoms with Crippen LogP contribution in [0.25, 0.3) is 0 Å². The van der Waals surface area contributed by atoms with Crippen LogP contribution in [-0.4, -0.2) is 171 Å². The van der Waals surface area contributed by atoms with Crippen LogP contribution < -0.4 is 59.7 Å². The number of carboxylic acids is 3. The van der Waals surface area contributed by atoms with Crippen molar-refractivity contribution in [2.75, 3.05) is 19.7 Å². The highest BCUT2D eigenvalue weighted by Crippen LogP contribution is 2.06. The zero-order chi connectivity index (χ0) is 48.6. The topological polar surface area (TPSA) is 480 Å². The van der Waals surface area contributed by atoms with Gasteiger partial charge in [0.05, 0.1) is 31.7 Å². The molecule has 0 heterocycles. The number of carbonyl (C=O) groups excluding carboxylic acids is 9. The third-order valence-electron chi connectivity index (χ3n) is 8.72. The molecule has 0 rings (SSSR count). The van der Waals surface area contributed by atoms with E-state index in [1.54, 1.807) is 0 Å². The highest BCUT2D eigenvalue weighted by atomic mass is 16.4. The first-order valence-corrected chi connectivity index (χ1v) is 19.4. The van der Waals surface area contributed by atoms with Crippen LogP contribution in [0.2, 0.25) is 0 Å². The van der Waals surface area contributed by atoms with Crippen LogP contribution in [0.15, 0.2) is 0 Å². The Kier molecular flexibility index (Phi) is 25.9. The van der Waals surface area contributed by atoms with Crippen molar-refractivity contribution in [1.29, 1.82) is 0 Å². The molecule has 0 fully saturated rings. The van der Waals surface area contributed by atoms with Crippen LogP contribution in [-0.2, 0) is 57.5 Å². The van der Waals surface area contributed by atoms with Gasteiger partial charge in [-0.3, -0.25) is 52.7 Å². The molecule has 0 bridgehead atoms. The molecule has 9 amide bonds. The SMILES string of the molecule is CC(NC(=O)C(N)CCC(N)=O)C(=O)NCC(=O)NC(CCC(=O)O)C(=O)NC(CO)C(=O)NC(CC(=O)O)C(=O)NC(C)C(=O)NC(CCCCN)C(=O)NC(C(=O)O)C(C)O. The number of aliphatic hydroxyl groups is 2. The maximum atomic E-state index is 13.2. The summed E-state index contributed by atoms with van der Waals surface area (Å²) in [5, 5.41) is 64.8. The summed E-state index contributed by atoms with van der Waals surface area (Å²) in [7, 11) is 0. The number of amides is 9. The van der Waals surface area contributed by atoms with Crippen molar-refractivity contribution in [3.8, 4) is 0 Å². The van der Waals surface area contributed by atoms with Crippen molar-refractivity contribution in [3.05, 3.63) is 0 Å². The average Bonchev–Trinajstić information content (AvgIpc) is 3.19. The molecule has 0 aromatic heterocycles. The Balaban J connectivity index is 5.80. The van der Waals surface area contributed by atoms with E-state index in [0.717, 1.165) is 13.8 Å². The lowest BCUT2D eigenvalue weighted by Crippen LogP contribution is -2.60. The van der Waals surface area contributed by atoms with Crippen molar-refractivity contribution in [2.45, 2.75) is 127 Å². The summed E-state index contributed by atoms with van der Waals surface area (Å²) < 4.78 is 0. The number of unbranched alkanes of at least 4 members (excludes halogenated alkanes) is 1. The van der Waals surface area contributed by atoms with Crippen molar-refractivity contribution >= 4 is 71.1 Å². The number of nitrogens with one attached hydrogen (secondary N) is 8. The summed E-state index contributed by atoms with van der Waals surface area (Å²) in [5.74, 6) is -14.0. The van der Waals surface area contributed by atoms with E-state index in [1.807, 2.05) is 10.6 Å². The number of hydrogen-bond acceptors (Lipinski definition) is 16. The third kappa shape index (κ3) is 22.8. The van der Waals surface area contributed by atoms with Gasteiger partial charge in [-0.1, -0.05) is 0 Å². The van der Waals surface area contributed by atoms with Gasteiger partial charge in [0.25, 0.3) is 0 Å². The molecule has 28 heteroatoms. The van der Waals surface area contributed by atoms with Crippen LogP contribution in [0.5, 0.6) is 0 Å². The smallest absolute Gasteiger partial charge is 0.328 e. The van der Waals surface area contributed by atoms with E-state index in [0.29, 0.717) is 6.42 Å². The molecule has 28 nitrogen and oxygen atoms in total. The normalized spacial score (nSPS) is 15.1. The summed E-state index contributed by atoms with van der Waals surface area (Å²) in [6.45, 7) is 1.69. The predicted octanol–water partition coefficient (Wildman–Crippen LogP) is -7.95.